The molecule has 0 saturated heterocycles. The van der Waals surface area contributed by atoms with Gasteiger partial charge >= 0.3 is 0 Å². The summed E-state index contributed by atoms with van der Waals surface area (Å²) in [6, 6.07) is 11.1. The summed E-state index contributed by atoms with van der Waals surface area (Å²) < 4.78 is 11.6. The lowest BCUT2D eigenvalue weighted by molar-refractivity contribution is -0.123. The topological polar surface area (TPSA) is 47.6 Å². The van der Waals surface area contributed by atoms with Crippen LogP contribution in [0.4, 0.5) is 0 Å². The first kappa shape index (κ1) is 19.6. The van der Waals surface area contributed by atoms with E-state index >= 15 is 0 Å². The van der Waals surface area contributed by atoms with E-state index in [2.05, 4.69) is 21.2 Å². The molecule has 0 heterocycles. The Bertz CT molecular complexity index is 751. The fourth-order valence-corrected chi connectivity index (χ4v) is 3.24. The molecule has 0 fully saturated rings. The molecule has 0 saturated carbocycles. The van der Waals surface area contributed by atoms with Gasteiger partial charge in [0.1, 0.15) is 11.5 Å². The molecule has 25 heavy (non-hydrogen) atoms. The predicted octanol–water partition coefficient (Wildman–Crippen LogP) is 5.07. The van der Waals surface area contributed by atoms with Gasteiger partial charge in [0.2, 0.25) is 0 Å². The summed E-state index contributed by atoms with van der Waals surface area (Å²) >= 11 is 9.42. The number of methoxy groups -OCH3 is 1. The highest BCUT2D eigenvalue weighted by molar-refractivity contribution is 9.10. The van der Waals surface area contributed by atoms with Gasteiger partial charge in [-0.1, -0.05) is 46.6 Å². The molecule has 0 aliphatic heterocycles. The van der Waals surface area contributed by atoms with Crippen molar-refractivity contribution >= 4 is 33.4 Å². The highest BCUT2D eigenvalue weighted by Crippen LogP contribution is 2.28. The van der Waals surface area contributed by atoms with Gasteiger partial charge in [-0.15, -0.1) is 0 Å². The van der Waals surface area contributed by atoms with Gasteiger partial charge in [-0.2, -0.15) is 0 Å². The van der Waals surface area contributed by atoms with Crippen molar-refractivity contribution in [1.82, 2.24) is 5.32 Å². The number of benzene rings is 2. The number of rotatable bonds is 7. The molecule has 2 rings (SSSR count). The van der Waals surface area contributed by atoms with Crippen molar-refractivity contribution in [2.75, 3.05) is 13.7 Å². The zero-order chi connectivity index (χ0) is 18.4. The van der Waals surface area contributed by atoms with Crippen LogP contribution in [0.2, 0.25) is 5.02 Å². The largest absolute Gasteiger partial charge is 0.496 e. The summed E-state index contributed by atoms with van der Waals surface area (Å²) in [7, 11) is 1.64. The van der Waals surface area contributed by atoms with E-state index in [0.717, 1.165) is 27.8 Å². The number of hydrogen-bond acceptors (Lipinski definition) is 3. The Morgan fingerprint density at radius 1 is 1.24 bits per heavy atom. The summed E-state index contributed by atoms with van der Waals surface area (Å²) in [5.74, 6) is 1.12. The van der Waals surface area contributed by atoms with E-state index in [1.54, 1.807) is 19.2 Å². The lowest BCUT2D eigenvalue weighted by Gasteiger charge is -2.19. The molecule has 1 atom stereocenters. The molecule has 1 N–H and O–H groups in total. The minimum Gasteiger partial charge on any atom is -0.496 e. The summed E-state index contributed by atoms with van der Waals surface area (Å²) in [4.78, 5) is 12.2. The van der Waals surface area contributed by atoms with Gasteiger partial charge < -0.3 is 14.8 Å². The molecule has 0 bridgehead atoms. The second-order valence-corrected chi connectivity index (χ2v) is 6.94. The van der Waals surface area contributed by atoms with Crippen molar-refractivity contribution in [1.29, 1.82) is 0 Å². The molecule has 6 heteroatoms. The van der Waals surface area contributed by atoms with Crippen molar-refractivity contribution in [3.63, 3.8) is 0 Å². The number of carbonyl (C=O) groups excluding carboxylic acids is 1. The van der Waals surface area contributed by atoms with Gasteiger partial charge in [-0.3, -0.25) is 4.79 Å². The average Bonchev–Trinajstić information content (AvgIpc) is 2.58. The highest BCUT2D eigenvalue weighted by Gasteiger charge is 2.15. The van der Waals surface area contributed by atoms with Gasteiger partial charge in [0.25, 0.3) is 5.91 Å². The maximum Gasteiger partial charge on any atom is 0.258 e. The normalized spacial score (nSPS) is 11.7. The fourth-order valence-electron chi connectivity index (χ4n) is 2.51. The van der Waals surface area contributed by atoms with E-state index < -0.39 is 0 Å². The number of ether oxygens (including phenoxy) is 2. The Morgan fingerprint density at radius 3 is 2.56 bits per heavy atom. The predicted molar refractivity (Wildman–Crippen MR) is 104 cm³/mol. The molecule has 1 amide bonds. The quantitative estimate of drug-likeness (QED) is 0.673. The van der Waals surface area contributed by atoms with E-state index in [1.165, 1.54) is 0 Å². The molecule has 0 aliphatic carbocycles. The van der Waals surface area contributed by atoms with Crippen LogP contribution in [0.25, 0.3) is 0 Å². The van der Waals surface area contributed by atoms with Gasteiger partial charge in [-0.25, -0.2) is 0 Å². The summed E-state index contributed by atoms with van der Waals surface area (Å²) in [5.41, 5.74) is 2.07. The van der Waals surface area contributed by atoms with Crippen LogP contribution in [-0.2, 0) is 4.79 Å². The molecular weight excluding hydrogens is 406 g/mol. The number of carbonyl (C=O) groups is 1. The molecule has 2 aromatic carbocycles. The number of nitrogens with one attached hydrogen (secondary N) is 1. The lowest BCUT2D eigenvalue weighted by atomic mass is 10.0. The first-order chi connectivity index (χ1) is 11.9. The van der Waals surface area contributed by atoms with Gasteiger partial charge in [0.05, 0.1) is 18.2 Å². The average molecular weight is 427 g/mol. The summed E-state index contributed by atoms with van der Waals surface area (Å²) in [6.45, 7) is 3.92. The van der Waals surface area contributed by atoms with Crippen LogP contribution in [0.3, 0.4) is 0 Å². The third-order valence-electron chi connectivity index (χ3n) is 3.82. The van der Waals surface area contributed by atoms with E-state index in [9.17, 15) is 4.79 Å². The molecule has 2 aromatic rings. The third kappa shape index (κ3) is 5.38. The van der Waals surface area contributed by atoms with Gasteiger partial charge in [-0.05, 0) is 48.7 Å². The fraction of sp³-hybridized carbons (Fsp3) is 0.316. The Labute approximate surface area is 161 Å². The van der Waals surface area contributed by atoms with Crippen molar-refractivity contribution in [2.24, 2.45) is 0 Å². The molecular formula is C19H21BrClNO3. The molecule has 134 valence electrons. The molecule has 0 radical (unpaired) electrons. The monoisotopic (exact) mass is 425 g/mol. The number of aryl methyl sites for hydroxylation is 1. The lowest BCUT2D eigenvalue weighted by Crippen LogP contribution is -2.32. The Balaban J connectivity index is 1.98. The molecule has 4 nitrogen and oxygen atoms in total. The van der Waals surface area contributed by atoms with Crippen molar-refractivity contribution < 1.29 is 14.3 Å². The smallest absolute Gasteiger partial charge is 0.258 e. The summed E-state index contributed by atoms with van der Waals surface area (Å²) in [5, 5.41) is 3.45. The molecule has 0 aliphatic rings. The summed E-state index contributed by atoms with van der Waals surface area (Å²) in [6.07, 6.45) is 0.774. The highest BCUT2D eigenvalue weighted by atomic mass is 79.9. The molecule has 0 spiro atoms. The first-order valence-electron chi connectivity index (χ1n) is 7.96. The molecule has 0 aromatic heterocycles. The van der Waals surface area contributed by atoms with Crippen LogP contribution in [0.15, 0.2) is 40.9 Å². The standard InChI is InChI=1S/C19H21BrClNO3/c1-4-16(13-5-7-17(24-3)12(2)9-13)22-19(23)11-25-18-8-6-14(20)10-15(18)21/h5-10,16H,4,11H2,1-3H3,(H,22,23)/t16-/m1/s1. The van der Waals surface area contributed by atoms with Crippen LogP contribution < -0.4 is 14.8 Å². The van der Waals surface area contributed by atoms with Crippen LogP contribution >= 0.6 is 27.5 Å². The van der Waals surface area contributed by atoms with Gasteiger partial charge in [0.15, 0.2) is 6.61 Å². The van der Waals surface area contributed by atoms with Crippen LogP contribution in [0, 0.1) is 6.92 Å². The second kappa shape index (κ2) is 9.11. The number of amides is 1. The zero-order valence-electron chi connectivity index (χ0n) is 14.4. The minimum atomic E-state index is -0.195. The Hall–Kier alpha value is -1.72. The zero-order valence-corrected chi connectivity index (χ0v) is 16.8. The van der Waals surface area contributed by atoms with Crippen molar-refractivity contribution in [2.45, 2.75) is 26.3 Å². The van der Waals surface area contributed by atoms with Crippen LogP contribution in [0.1, 0.15) is 30.5 Å². The minimum absolute atomic E-state index is 0.0823. The Kier molecular flexibility index (Phi) is 7.14. The van der Waals surface area contributed by atoms with E-state index in [-0.39, 0.29) is 18.6 Å². The number of hydrogen-bond donors (Lipinski definition) is 1. The first-order valence-corrected chi connectivity index (χ1v) is 9.13. The van der Waals surface area contributed by atoms with E-state index in [1.807, 2.05) is 38.1 Å². The van der Waals surface area contributed by atoms with Gasteiger partial charge in [0, 0.05) is 4.47 Å². The second-order valence-electron chi connectivity index (χ2n) is 5.62. The van der Waals surface area contributed by atoms with E-state index in [4.69, 9.17) is 21.1 Å². The van der Waals surface area contributed by atoms with Crippen molar-refractivity contribution in [3.05, 3.63) is 57.0 Å². The van der Waals surface area contributed by atoms with Crippen LogP contribution in [0.5, 0.6) is 11.5 Å². The molecule has 0 unspecified atom stereocenters. The SMILES string of the molecule is CC[C@@H](NC(=O)COc1ccc(Br)cc1Cl)c1ccc(OC)c(C)c1. The Morgan fingerprint density at radius 2 is 1.96 bits per heavy atom. The number of halogens is 2. The van der Waals surface area contributed by atoms with E-state index in [0.29, 0.717) is 10.8 Å². The van der Waals surface area contributed by atoms with Crippen LogP contribution in [-0.4, -0.2) is 19.6 Å². The third-order valence-corrected chi connectivity index (χ3v) is 4.61. The maximum absolute atomic E-state index is 12.2. The maximum atomic E-state index is 12.2. The van der Waals surface area contributed by atoms with Crippen molar-refractivity contribution in [3.8, 4) is 11.5 Å².